The number of nitrogens with one attached hydrogen (secondary N) is 2. The number of hydrogen-bond donors (Lipinski definition) is 2. The molecule has 15 nitrogen and oxygen atoms in total. The number of aryl methyl sites for hydroxylation is 1. The zero-order chi connectivity index (χ0) is 42.6. The molecule has 5 heterocycles. The van der Waals surface area contributed by atoms with E-state index in [1.165, 1.54) is 48.0 Å². The van der Waals surface area contributed by atoms with Crippen LogP contribution in [0.4, 0.5) is 23.0 Å². The van der Waals surface area contributed by atoms with Crippen LogP contribution in [0.15, 0.2) is 48.9 Å². The average Bonchev–Trinajstić information content (AvgIpc) is 3.67. The van der Waals surface area contributed by atoms with E-state index in [4.69, 9.17) is 24.2 Å². The molecule has 1 aromatic carbocycles. The highest BCUT2D eigenvalue weighted by Gasteiger charge is 2.32. The lowest BCUT2D eigenvalue weighted by molar-refractivity contribution is -0.134. The number of carbonyl (C=O) groups is 3. The second-order valence-electron chi connectivity index (χ2n) is 16.7. The molecule has 1 aliphatic carbocycles. The Morgan fingerprint density at radius 1 is 0.902 bits per heavy atom. The van der Waals surface area contributed by atoms with Gasteiger partial charge in [-0.2, -0.15) is 4.98 Å². The van der Waals surface area contributed by atoms with E-state index in [0.29, 0.717) is 63.1 Å². The Hall–Kier alpha value is -5.12. The Balaban J connectivity index is 0.794. The summed E-state index contributed by atoms with van der Waals surface area (Å²) in [6.45, 7) is 5.60. The summed E-state index contributed by atoms with van der Waals surface area (Å²) in [5.41, 5.74) is 5.90. The summed E-state index contributed by atoms with van der Waals surface area (Å²) in [7, 11) is 5.16. The van der Waals surface area contributed by atoms with Crippen LogP contribution in [0.2, 0.25) is 0 Å². The molecule has 328 valence electrons. The number of ether oxygens (including phenoxy) is 3. The van der Waals surface area contributed by atoms with Crippen molar-refractivity contribution in [3.05, 3.63) is 60.0 Å². The molecule has 1 atom stereocenters. The van der Waals surface area contributed by atoms with E-state index in [9.17, 15) is 14.4 Å². The van der Waals surface area contributed by atoms with Gasteiger partial charge in [-0.1, -0.05) is 31.7 Å². The molecule has 15 heteroatoms. The molecule has 3 aromatic heterocycles. The molecular weight excluding hydrogens is 775 g/mol. The summed E-state index contributed by atoms with van der Waals surface area (Å²) in [5.74, 6) is 1.05. The van der Waals surface area contributed by atoms with E-state index in [2.05, 4.69) is 37.3 Å². The zero-order valence-corrected chi connectivity index (χ0v) is 36.2. The van der Waals surface area contributed by atoms with Crippen LogP contribution in [0, 0.1) is 0 Å². The van der Waals surface area contributed by atoms with Crippen molar-refractivity contribution >= 4 is 52.3 Å². The number of hydrogen-bond acceptors (Lipinski definition) is 12. The summed E-state index contributed by atoms with van der Waals surface area (Å²) in [6, 6.07) is 9.79. The molecule has 61 heavy (non-hydrogen) atoms. The molecular formula is C46H63N9O6. The molecule has 1 unspecified atom stereocenters. The number of imide groups is 1. The fourth-order valence-corrected chi connectivity index (χ4v) is 9.08. The Bertz CT molecular complexity index is 2080. The minimum absolute atomic E-state index is 0.247. The minimum Gasteiger partial charge on any atom is -0.481 e. The van der Waals surface area contributed by atoms with Gasteiger partial charge in [0, 0.05) is 75.4 Å². The lowest BCUT2D eigenvalue weighted by atomic mass is 9.90. The van der Waals surface area contributed by atoms with Gasteiger partial charge in [0.15, 0.2) is 0 Å². The third-order valence-electron chi connectivity index (χ3n) is 12.6. The summed E-state index contributed by atoms with van der Waals surface area (Å²) in [4.78, 5) is 55.8. The van der Waals surface area contributed by atoms with Crippen molar-refractivity contribution in [3.8, 4) is 5.88 Å². The Morgan fingerprint density at radius 2 is 1.70 bits per heavy atom. The maximum Gasteiger partial charge on any atom is 0.249 e. The van der Waals surface area contributed by atoms with E-state index >= 15 is 0 Å². The Kier molecular flexibility index (Phi) is 15.6. The van der Waals surface area contributed by atoms with Gasteiger partial charge in [0.25, 0.3) is 0 Å². The van der Waals surface area contributed by atoms with Crippen molar-refractivity contribution in [2.75, 3.05) is 82.4 Å². The van der Waals surface area contributed by atoms with E-state index in [1.54, 1.807) is 20.4 Å². The van der Waals surface area contributed by atoms with E-state index in [-0.39, 0.29) is 11.8 Å². The number of unbranched alkanes of at least 4 members (excludes halogenated alkanes) is 2. The highest BCUT2D eigenvalue weighted by atomic mass is 16.5. The van der Waals surface area contributed by atoms with Crippen LogP contribution in [0.1, 0.15) is 100 Å². The third-order valence-corrected chi connectivity index (χ3v) is 12.6. The second kappa shape index (κ2) is 21.6. The molecule has 0 radical (unpaired) electrons. The highest BCUT2D eigenvalue weighted by molar-refractivity contribution is 6.02. The number of rotatable bonds is 21. The average molecular weight is 838 g/mol. The number of benzene rings is 1. The van der Waals surface area contributed by atoms with E-state index < -0.39 is 6.04 Å². The molecule has 1 saturated carbocycles. The van der Waals surface area contributed by atoms with Gasteiger partial charge >= 0.3 is 0 Å². The minimum atomic E-state index is -0.464. The SMILES string of the molecule is COc1cc(Nc2ncc3c(C4CCN(CCOCCOCCCCCc5ccc(N(C)C6CCC(=O)NC6=O)c(N(C)C=O)c5)CC4)cn(C4CCCCC4)c3n2)ccn1. The molecule has 7 rings (SSSR count). The predicted molar refractivity (Wildman–Crippen MR) is 237 cm³/mol. The normalized spacial score (nSPS) is 18.0. The van der Waals surface area contributed by atoms with E-state index in [0.717, 1.165) is 92.8 Å². The fraction of sp³-hybridized carbons (Fsp3) is 0.565. The number of anilines is 4. The number of fused-ring (bicyclic) bond motifs is 1. The van der Waals surface area contributed by atoms with E-state index in [1.807, 2.05) is 42.4 Å². The van der Waals surface area contributed by atoms with Crippen molar-refractivity contribution in [3.63, 3.8) is 0 Å². The topological polar surface area (TPSA) is 156 Å². The second-order valence-corrected chi connectivity index (χ2v) is 16.7. The van der Waals surface area contributed by atoms with Gasteiger partial charge in [0.2, 0.25) is 30.1 Å². The molecule has 2 saturated heterocycles. The fourth-order valence-electron chi connectivity index (χ4n) is 9.08. The number of aromatic nitrogens is 4. The monoisotopic (exact) mass is 837 g/mol. The third kappa shape index (κ3) is 11.4. The standard InChI is InChI=1S/C46H63N9O6/c1-52(32-56)41-28-33(13-14-39(41)53(2)40-15-16-42(57)50-45(40)58)10-6-5-9-24-60-26-27-61-25-23-54-21-18-34(19-22-54)38-31-55(36-11-7-4-8-12-36)44-37(38)30-48-46(51-44)49-35-17-20-47-43(29-35)59-3/h13-14,17,20,28-32,34,36,40H,4-12,15-16,18-19,21-27H2,1-3H3,(H,50,57,58)(H,47,48,49,51). The zero-order valence-electron chi connectivity index (χ0n) is 36.2. The smallest absolute Gasteiger partial charge is 0.249 e. The number of likely N-dealkylation sites (tertiary alicyclic amines) is 1. The van der Waals surface area contributed by atoms with Crippen LogP contribution >= 0.6 is 0 Å². The number of amides is 3. The van der Waals surface area contributed by atoms with Gasteiger partial charge in [0.1, 0.15) is 11.7 Å². The molecule has 0 bridgehead atoms. The van der Waals surface area contributed by atoms with Crippen LogP contribution in [0.3, 0.4) is 0 Å². The first-order valence-electron chi connectivity index (χ1n) is 22.2. The Morgan fingerprint density at radius 3 is 2.48 bits per heavy atom. The highest BCUT2D eigenvalue weighted by Crippen LogP contribution is 2.39. The number of methoxy groups -OCH3 is 1. The molecule has 4 aromatic rings. The van der Waals surface area contributed by atoms with Crippen molar-refractivity contribution < 1.29 is 28.6 Å². The number of carbonyl (C=O) groups excluding carboxylic acids is 3. The van der Waals surface area contributed by atoms with Gasteiger partial charge in [-0.25, -0.2) is 9.97 Å². The van der Waals surface area contributed by atoms with Crippen LogP contribution < -0.4 is 25.2 Å². The first-order chi connectivity index (χ1) is 29.8. The van der Waals surface area contributed by atoms with Crippen LogP contribution in [-0.4, -0.2) is 116 Å². The number of likely N-dealkylation sites (N-methyl/N-ethyl adjacent to an activating group) is 1. The van der Waals surface area contributed by atoms with Gasteiger partial charge in [-0.15, -0.1) is 0 Å². The Labute approximate surface area is 359 Å². The predicted octanol–water partition coefficient (Wildman–Crippen LogP) is 6.54. The molecule has 2 aliphatic heterocycles. The van der Waals surface area contributed by atoms with Crippen molar-refractivity contribution in [1.82, 2.24) is 29.7 Å². The van der Waals surface area contributed by atoms with Gasteiger partial charge < -0.3 is 38.8 Å². The lowest BCUT2D eigenvalue weighted by Crippen LogP contribution is -2.51. The molecule has 0 spiro atoms. The van der Waals surface area contributed by atoms with Crippen LogP contribution in [0.5, 0.6) is 5.88 Å². The van der Waals surface area contributed by atoms with Crippen molar-refractivity contribution in [1.29, 1.82) is 0 Å². The molecule has 3 amide bonds. The quantitative estimate of drug-likeness (QED) is 0.0532. The summed E-state index contributed by atoms with van der Waals surface area (Å²) in [6.07, 6.45) is 20.0. The number of pyridine rings is 1. The van der Waals surface area contributed by atoms with Crippen molar-refractivity contribution in [2.24, 2.45) is 0 Å². The molecule has 3 fully saturated rings. The maximum atomic E-state index is 12.5. The first-order valence-corrected chi connectivity index (χ1v) is 22.2. The number of nitrogens with zero attached hydrogens (tertiary/aromatic N) is 7. The molecule has 3 aliphatic rings. The summed E-state index contributed by atoms with van der Waals surface area (Å²) in [5, 5.41) is 6.95. The maximum absolute atomic E-state index is 12.5. The molecule has 2 N–H and O–H groups in total. The first kappa shape index (κ1) is 44.0. The van der Waals surface area contributed by atoms with Gasteiger partial charge in [-0.05, 0) is 99.7 Å². The van der Waals surface area contributed by atoms with Crippen LogP contribution in [-0.2, 0) is 30.3 Å². The van der Waals surface area contributed by atoms with Gasteiger partial charge in [-0.3, -0.25) is 19.7 Å². The van der Waals surface area contributed by atoms with Crippen LogP contribution in [0.25, 0.3) is 11.0 Å². The number of piperidine rings is 2. The summed E-state index contributed by atoms with van der Waals surface area (Å²) < 4.78 is 19.6. The lowest BCUT2D eigenvalue weighted by Gasteiger charge is -2.33. The summed E-state index contributed by atoms with van der Waals surface area (Å²) >= 11 is 0. The van der Waals surface area contributed by atoms with Gasteiger partial charge in [0.05, 0.1) is 38.3 Å². The largest absolute Gasteiger partial charge is 0.481 e. The van der Waals surface area contributed by atoms with Crippen molar-refractivity contribution in [2.45, 2.75) is 101 Å².